The summed E-state index contributed by atoms with van der Waals surface area (Å²) in [5.74, 6) is -0.549. The number of hydrogen-bond donors (Lipinski definition) is 2. The van der Waals surface area contributed by atoms with E-state index in [9.17, 15) is 13.2 Å². The van der Waals surface area contributed by atoms with Gasteiger partial charge in [-0.1, -0.05) is 23.7 Å². The van der Waals surface area contributed by atoms with Crippen molar-refractivity contribution in [3.8, 4) is 0 Å². The van der Waals surface area contributed by atoms with Gasteiger partial charge in [-0.25, -0.2) is 17.9 Å². The smallest absolute Gasteiger partial charge is 0.408 e. The summed E-state index contributed by atoms with van der Waals surface area (Å²) in [6, 6.07) is 10.9. The fourth-order valence-electron chi connectivity index (χ4n) is 2.00. The molecule has 0 bridgehead atoms. The molecule has 0 atom stereocenters. The summed E-state index contributed by atoms with van der Waals surface area (Å²) < 4.78 is 31.7. The van der Waals surface area contributed by atoms with Crippen LogP contribution in [0.5, 0.6) is 0 Å². The molecule has 0 fully saturated rings. The second-order valence-electron chi connectivity index (χ2n) is 4.63. The van der Waals surface area contributed by atoms with Crippen LogP contribution in [0.25, 0.3) is 11.1 Å². The zero-order chi connectivity index (χ0) is 15.7. The highest BCUT2D eigenvalue weighted by atomic mass is 35.5. The molecule has 0 radical (unpaired) electrons. The van der Waals surface area contributed by atoms with Gasteiger partial charge in [0.1, 0.15) is 0 Å². The van der Waals surface area contributed by atoms with Gasteiger partial charge in [-0.05, 0) is 35.9 Å². The first-order valence-corrected chi connectivity index (χ1v) is 8.17. The average molecular weight is 339 g/mol. The van der Waals surface area contributed by atoms with Crippen LogP contribution < -0.4 is 10.5 Å². The van der Waals surface area contributed by atoms with Crippen LogP contribution in [0.15, 0.2) is 56.6 Å². The molecule has 1 aromatic heterocycles. The zero-order valence-electron chi connectivity index (χ0n) is 11.2. The van der Waals surface area contributed by atoms with Crippen LogP contribution in [0, 0.1) is 0 Å². The third-order valence-electron chi connectivity index (χ3n) is 3.06. The summed E-state index contributed by atoms with van der Waals surface area (Å²) in [5.41, 5.74) is 1.63. The van der Waals surface area contributed by atoms with Gasteiger partial charge in [-0.15, -0.1) is 0 Å². The maximum Gasteiger partial charge on any atom is 0.417 e. The lowest BCUT2D eigenvalue weighted by Gasteiger charge is -2.07. The molecule has 0 unspecified atom stereocenters. The Bertz CT molecular complexity index is 991. The summed E-state index contributed by atoms with van der Waals surface area (Å²) in [6.45, 7) is 0.0813. The molecule has 8 heteroatoms. The molecule has 0 aliphatic carbocycles. The molecule has 0 spiro atoms. The molecule has 114 valence electrons. The quantitative estimate of drug-likeness (QED) is 0.763. The Morgan fingerprint density at radius 2 is 2.00 bits per heavy atom. The minimum absolute atomic E-state index is 0.0813. The Labute approximate surface area is 130 Å². The van der Waals surface area contributed by atoms with Crippen molar-refractivity contribution >= 4 is 32.7 Å². The predicted molar refractivity (Wildman–Crippen MR) is 82.3 cm³/mol. The summed E-state index contributed by atoms with van der Waals surface area (Å²) in [4.78, 5) is 13.7. The van der Waals surface area contributed by atoms with Gasteiger partial charge in [0.2, 0.25) is 10.0 Å². The number of H-pyrrole nitrogens is 1. The van der Waals surface area contributed by atoms with Crippen molar-refractivity contribution in [1.82, 2.24) is 9.71 Å². The van der Waals surface area contributed by atoms with Gasteiger partial charge >= 0.3 is 5.76 Å². The van der Waals surface area contributed by atoms with Crippen LogP contribution in [-0.4, -0.2) is 13.4 Å². The van der Waals surface area contributed by atoms with E-state index in [1.54, 1.807) is 30.3 Å². The zero-order valence-corrected chi connectivity index (χ0v) is 12.7. The van der Waals surface area contributed by atoms with Gasteiger partial charge in [0.05, 0.1) is 10.4 Å². The normalized spacial score (nSPS) is 11.9. The van der Waals surface area contributed by atoms with Gasteiger partial charge in [0.25, 0.3) is 0 Å². The molecule has 6 nitrogen and oxygen atoms in total. The first-order chi connectivity index (χ1) is 10.4. The SMILES string of the molecule is O=c1[nH]c2cc(CNS(=O)(=O)c3cccc(Cl)c3)ccc2o1. The van der Waals surface area contributed by atoms with E-state index in [2.05, 4.69) is 9.71 Å². The summed E-state index contributed by atoms with van der Waals surface area (Å²) in [6.07, 6.45) is 0. The first kappa shape index (κ1) is 14.8. The topological polar surface area (TPSA) is 92.2 Å². The third kappa shape index (κ3) is 3.06. The first-order valence-electron chi connectivity index (χ1n) is 6.31. The number of fused-ring (bicyclic) bond motifs is 1. The molecule has 3 rings (SSSR count). The minimum atomic E-state index is -3.66. The van der Waals surface area contributed by atoms with Crippen molar-refractivity contribution in [1.29, 1.82) is 0 Å². The fraction of sp³-hybridized carbons (Fsp3) is 0.0714. The van der Waals surface area contributed by atoms with E-state index in [-0.39, 0.29) is 11.4 Å². The Morgan fingerprint density at radius 1 is 1.18 bits per heavy atom. The number of nitrogens with one attached hydrogen (secondary N) is 2. The lowest BCUT2D eigenvalue weighted by Crippen LogP contribution is -2.23. The molecule has 2 N–H and O–H groups in total. The molecule has 0 aliphatic rings. The minimum Gasteiger partial charge on any atom is -0.408 e. The van der Waals surface area contributed by atoms with Crippen LogP contribution in [-0.2, 0) is 16.6 Å². The number of hydrogen-bond acceptors (Lipinski definition) is 4. The summed E-state index contributed by atoms with van der Waals surface area (Å²) in [5, 5.41) is 0.347. The van der Waals surface area contributed by atoms with Crippen molar-refractivity contribution in [3.05, 3.63) is 63.6 Å². The van der Waals surface area contributed by atoms with E-state index in [4.69, 9.17) is 16.0 Å². The number of aromatic nitrogens is 1. The molecular formula is C14H11ClN2O4S. The molecule has 22 heavy (non-hydrogen) atoms. The van der Waals surface area contributed by atoms with Crippen molar-refractivity contribution < 1.29 is 12.8 Å². The summed E-state index contributed by atoms with van der Waals surface area (Å²) in [7, 11) is -3.66. The molecule has 2 aromatic carbocycles. The van der Waals surface area contributed by atoms with Crippen LogP contribution >= 0.6 is 11.6 Å². The second kappa shape index (κ2) is 5.60. The van der Waals surface area contributed by atoms with E-state index in [0.717, 1.165) is 0 Å². The van der Waals surface area contributed by atoms with Crippen LogP contribution in [0.2, 0.25) is 5.02 Å². The van der Waals surface area contributed by atoms with Gasteiger partial charge in [-0.2, -0.15) is 0 Å². The molecule has 3 aromatic rings. The van der Waals surface area contributed by atoms with Crippen LogP contribution in [0.4, 0.5) is 0 Å². The standard InChI is InChI=1S/C14H11ClN2O4S/c15-10-2-1-3-11(7-10)22(19,20)16-8-9-4-5-13-12(6-9)17-14(18)21-13/h1-7,16H,8H2,(H,17,18). The van der Waals surface area contributed by atoms with Crippen LogP contribution in [0.1, 0.15) is 5.56 Å². The maximum absolute atomic E-state index is 12.2. The van der Waals surface area contributed by atoms with Gasteiger partial charge in [-0.3, -0.25) is 4.98 Å². The molecule has 0 saturated carbocycles. The average Bonchev–Trinajstić information content (AvgIpc) is 2.84. The summed E-state index contributed by atoms with van der Waals surface area (Å²) >= 11 is 5.80. The maximum atomic E-state index is 12.2. The number of sulfonamides is 1. The Balaban J connectivity index is 1.82. The highest BCUT2D eigenvalue weighted by Crippen LogP contribution is 2.16. The lowest BCUT2D eigenvalue weighted by molar-refractivity contribution is 0.555. The molecule has 1 heterocycles. The van der Waals surface area contributed by atoms with Crippen molar-refractivity contribution in [2.75, 3.05) is 0 Å². The largest absolute Gasteiger partial charge is 0.417 e. The fourth-order valence-corrected chi connectivity index (χ4v) is 3.32. The van der Waals surface area contributed by atoms with Crippen molar-refractivity contribution in [2.45, 2.75) is 11.4 Å². The third-order valence-corrected chi connectivity index (χ3v) is 4.69. The monoisotopic (exact) mass is 338 g/mol. The Morgan fingerprint density at radius 3 is 2.77 bits per heavy atom. The van der Waals surface area contributed by atoms with Crippen LogP contribution in [0.3, 0.4) is 0 Å². The number of rotatable bonds is 4. The second-order valence-corrected chi connectivity index (χ2v) is 6.83. The van der Waals surface area contributed by atoms with E-state index in [1.807, 2.05) is 0 Å². The van der Waals surface area contributed by atoms with Gasteiger partial charge in [0.15, 0.2) is 5.58 Å². The number of benzene rings is 2. The molecular weight excluding hydrogens is 328 g/mol. The lowest BCUT2D eigenvalue weighted by atomic mass is 10.2. The van der Waals surface area contributed by atoms with E-state index in [1.165, 1.54) is 12.1 Å². The molecule has 0 saturated heterocycles. The van der Waals surface area contributed by atoms with E-state index >= 15 is 0 Å². The Kier molecular flexibility index (Phi) is 3.78. The van der Waals surface area contributed by atoms with Gasteiger partial charge in [0, 0.05) is 11.6 Å². The predicted octanol–water partition coefficient (Wildman–Crippen LogP) is 2.25. The van der Waals surface area contributed by atoms with Gasteiger partial charge < -0.3 is 4.42 Å². The van der Waals surface area contributed by atoms with Crippen molar-refractivity contribution in [2.24, 2.45) is 0 Å². The van der Waals surface area contributed by atoms with E-state index < -0.39 is 15.8 Å². The number of halogens is 1. The Hall–Kier alpha value is -2.09. The highest BCUT2D eigenvalue weighted by molar-refractivity contribution is 7.89. The molecule has 0 amide bonds. The van der Waals surface area contributed by atoms with E-state index in [0.29, 0.717) is 21.7 Å². The highest BCUT2D eigenvalue weighted by Gasteiger charge is 2.14. The molecule has 0 aliphatic heterocycles. The number of aromatic amines is 1. The number of oxazole rings is 1. The van der Waals surface area contributed by atoms with Crippen molar-refractivity contribution in [3.63, 3.8) is 0 Å².